The van der Waals surface area contributed by atoms with Gasteiger partial charge in [-0.3, -0.25) is 4.98 Å². The van der Waals surface area contributed by atoms with Crippen molar-refractivity contribution in [2.24, 2.45) is 0 Å². The second-order valence-corrected chi connectivity index (χ2v) is 11.7. The zero-order valence-electron chi connectivity index (χ0n) is 24.1. The Labute approximate surface area is 251 Å². The van der Waals surface area contributed by atoms with Crippen LogP contribution in [0.25, 0.3) is 67.1 Å². The first-order valence-electron chi connectivity index (χ1n) is 14.7. The standard InChI is InChI=1S/C40H29N3/c1-40(2)34-21-18-29(23-33(34)32-20-17-26-11-9-10-16-31(26)38(32)40)36-24-37(43-39(42-36)28-14-7-4-8-15-28)30-19-22-35(41-25-30)27-12-5-3-6-13-27/h3-25H,1-2H3. The first-order chi connectivity index (χ1) is 21.1. The fraction of sp³-hybridized carbons (Fsp3) is 0.0750. The van der Waals surface area contributed by atoms with Crippen LogP contribution in [-0.2, 0) is 5.41 Å². The maximum atomic E-state index is 5.10. The van der Waals surface area contributed by atoms with Crippen LogP contribution in [0.2, 0.25) is 0 Å². The van der Waals surface area contributed by atoms with Gasteiger partial charge in [-0.05, 0) is 57.3 Å². The molecule has 3 heteroatoms. The molecule has 0 aliphatic heterocycles. The van der Waals surface area contributed by atoms with Crippen molar-refractivity contribution in [2.75, 3.05) is 0 Å². The second-order valence-electron chi connectivity index (χ2n) is 11.7. The van der Waals surface area contributed by atoms with Crippen molar-refractivity contribution in [3.8, 4) is 56.3 Å². The normalized spacial score (nSPS) is 13.1. The van der Waals surface area contributed by atoms with Crippen molar-refractivity contribution in [1.29, 1.82) is 0 Å². The number of hydrogen-bond acceptors (Lipinski definition) is 3. The van der Waals surface area contributed by atoms with Gasteiger partial charge in [0.05, 0.1) is 17.1 Å². The fourth-order valence-electron chi connectivity index (χ4n) is 6.56. The number of fused-ring (bicyclic) bond motifs is 5. The summed E-state index contributed by atoms with van der Waals surface area (Å²) in [5.41, 5.74) is 12.0. The quantitative estimate of drug-likeness (QED) is 0.218. The summed E-state index contributed by atoms with van der Waals surface area (Å²) in [4.78, 5) is 14.9. The van der Waals surface area contributed by atoms with Crippen molar-refractivity contribution < 1.29 is 0 Å². The Morgan fingerprint density at radius 3 is 1.91 bits per heavy atom. The molecule has 0 amide bonds. The third-order valence-corrected chi connectivity index (χ3v) is 8.72. The average Bonchev–Trinajstić information content (AvgIpc) is 3.31. The minimum atomic E-state index is -0.0950. The molecular weight excluding hydrogens is 522 g/mol. The van der Waals surface area contributed by atoms with Crippen molar-refractivity contribution >= 4 is 10.8 Å². The fourth-order valence-corrected chi connectivity index (χ4v) is 6.56. The molecule has 0 N–H and O–H groups in total. The van der Waals surface area contributed by atoms with E-state index in [0.717, 1.165) is 39.3 Å². The van der Waals surface area contributed by atoms with E-state index in [1.54, 1.807) is 0 Å². The topological polar surface area (TPSA) is 38.7 Å². The summed E-state index contributed by atoms with van der Waals surface area (Å²) in [6.45, 7) is 4.68. The van der Waals surface area contributed by atoms with Crippen LogP contribution in [0.3, 0.4) is 0 Å². The SMILES string of the molecule is CC1(C)c2ccc(-c3cc(-c4ccc(-c5ccccc5)nc4)nc(-c4ccccc4)n3)cc2-c2ccc3ccccc3c21. The summed E-state index contributed by atoms with van der Waals surface area (Å²) in [5, 5.41) is 2.60. The molecule has 5 aromatic carbocycles. The largest absolute Gasteiger partial charge is 0.256 e. The number of aromatic nitrogens is 3. The molecule has 0 bridgehead atoms. The molecule has 0 fully saturated rings. The van der Waals surface area contributed by atoms with E-state index in [4.69, 9.17) is 15.0 Å². The van der Waals surface area contributed by atoms with E-state index >= 15 is 0 Å². The Morgan fingerprint density at radius 2 is 1.16 bits per heavy atom. The minimum Gasteiger partial charge on any atom is -0.256 e. The number of rotatable bonds is 4. The molecule has 2 aromatic heterocycles. The highest BCUT2D eigenvalue weighted by molar-refractivity contribution is 5.98. The van der Waals surface area contributed by atoms with Gasteiger partial charge in [0.25, 0.3) is 0 Å². The van der Waals surface area contributed by atoms with Gasteiger partial charge < -0.3 is 0 Å². The molecule has 2 heterocycles. The van der Waals surface area contributed by atoms with Crippen LogP contribution in [-0.4, -0.2) is 15.0 Å². The van der Waals surface area contributed by atoms with E-state index < -0.39 is 0 Å². The van der Waals surface area contributed by atoms with Crippen LogP contribution in [0.4, 0.5) is 0 Å². The first kappa shape index (κ1) is 25.3. The van der Waals surface area contributed by atoms with E-state index in [-0.39, 0.29) is 5.41 Å². The van der Waals surface area contributed by atoms with E-state index in [9.17, 15) is 0 Å². The van der Waals surface area contributed by atoms with Crippen molar-refractivity contribution in [1.82, 2.24) is 15.0 Å². The Kier molecular flexibility index (Phi) is 5.80. The van der Waals surface area contributed by atoms with Crippen molar-refractivity contribution in [3.63, 3.8) is 0 Å². The van der Waals surface area contributed by atoms with Crippen LogP contribution in [0, 0.1) is 0 Å². The molecule has 3 nitrogen and oxygen atoms in total. The Hall–Kier alpha value is -5.41. The van der Waals surface area contributed by atoms with Gasteiger partial charge in [-0.15, -0.1) is 0 Å². The van der Waals surface area contributed by atoms with Gasteiger partial charge in [-0.25, -0.2) is 9.97 Å². The Balaban J connectivity index is 1.27. The average molecular weight is 552 g/mol. The van der Waals surface area contributed by atoms with Crippen LogP contribution >= 0.6 is 0 Å². The van der Waals surface area contributed by atoms with E-state index in [1.807, 2.05) is 42.6 Å². The predicted octanol–water partition coefficient (Wildman–Crippen LogP) is 10.00. The summed E-state index contributed by atoms with van der Waals surface area (Å²) in [7, 11) is 0. The van der Waals surface area contributed by atoms with Gasteiger partial charge >= 0.3 is 0 Å². The Bertz CT molecular complexity index is 2130. The predicted molar refractivity (Wildman–Crippen MR) is 177 cm³/mol. The molecule has 1 aliphatic carbocycles. The van der Waals surface area contributed by atoms with Crippen molar-refractivity contribution in [2.45, 2.75) is 19.3 Å². The second kappa shape index (κ2) is 9.85. The molecule has 0 spiro atoms. The van der Waals surface area contributed by atoms with Crippen LogP contribution in [0.1, 0.15) is 25.0 Å². The van der Waals surface area contributed by atoms with E-state index in [2.05, 4.69) is 111 Å². The summed E-state index contributed by atoms with van der Waals surface area (Å²) in [6.07, 6.45) is 1.91. The highest BCUT2D eigenvalue weighted by atomic mass is 14.9. The van der Waals surface area contributed by atoms with E-state index in [0.29, 0.717) is 5.82 Å². The number of pyridine rings is 1. The summed E-state index contributed by atoms with van der Waals surface area (Å²) >= 11 is 0. The molecular formula is C40H29N3. The number of hydrogen-bond donors (Lipinski definition) is 0. The summed E-state index contributed by atoms with van der Waals surface area (Å²) < 4.78 is 0. The third-order valence-electron chi connectivity index (χ3n) is 8.72. The molecule has 43 heavy (non-hydrogen) atoms. The van der Waals surface area contributed by atoms with E-state index in [1.165, 1.54) is 33.0 Å². The monoisotopic (exact) mass is 551 g/mol. The highest BCUT2D eigenvalue weighted by Gasteiger charge is 2.37. The minimum absolute atomic E-state index is 0.0950. The van der Waals surface area contributed by atoms with Crippen LogP contribution < -0.4 is 0 Å². The molecule has 0 radical (unpaired) electrons. The van der Waals surface area contributed by atoms with Gasteiger partial charge in [0.1, 0.15) is 0 Å². The smallest absolute Gasteiger partial charge is 0.160 e. The van der Waals surface area contributed by atoms with Crippen LogP contribution in [0.15, 0.2) is 140 Å². The van der Waals surface area contributed by atoms with Crippen molar-refractivity contribution in [3.05, 3.63) is 151 Å². The summed E-state index contributed by atoms with van der Waals surface area (Å²) in [5.74, 6) is 0.701. The molecule has 8 rings (SSSR count). The van der Waals surface area contributed by atoms with Crippen LogP contribution in [0.5, 0.6) is 0 Å². The summed E-state index contributed by atoms with van der Waals surface area (Å²) in [6, 6.07) is 46.8. The van der Waals surface area contributed by atoms with Gasteiger partial charge in [-0.1, -0.05) is 123 Å². The lowest BCUT2D eigenvalue weighted by Gasteiger charge is -2.23. The molecule has 0 unspecified atom stereocenters. The lowest BCUT2D eigenvalue weighted by atomic mass is 9.80. The molecule has 1 aliphatic rings. The van der Waals surface area contributed by atoms with Gasteiger partial charge in [0.2, 0.25) is 0 Å². The maximum absolute atomic E-state index is 5.10. The lowest BCUT2D eigenvalue weighted by Crippen LogP contribution is -2.15. The molecule has 0 atom stereocenters. The molecule has 7 aromatic rings. The molecule has 204 valence electrons. The maximum Gasteiger partial charge on any atom is 0.160 e. The number of nitrogens with zero attached hydrogens (tertiary/aromatic N) is 3. The van der Waals surface area contributed by atoms with Gasteiger partial charge in [-0.2, -0.15) is 0 Å². The zero-order valence-corrected chi connectivity index (χ0v) is 24.1. The van der Waals surface area contributed by atoms with Gasteiger partial charge in [0.15, 0.2) is 5.82 Å². The lowest BCUT2D eigenvalue weighted by molar-refractivity contribution is 0.666. The zero-order chi connectivity index (χ0) is 29.0. The molecule has 0 saturated carbocycles. The Morgan fingerprint density at radius 1 is 0.488 bits per heavy atom. The third kappa shape index (κ3) is 4.24. The number of benzene rings is 5. The van der Waals surface area contributed by atoms with Gasteiger partial charge in [0, 0.05) is 33.9 Å². The first-order valence-corrected chi connectivity index (χ1v) is 14.7. The highest BCUT2D eigenvalue weighted by Crippen LogP contribution is 2.52. The molecule has 0 saturated heterocycles.